The number of aryl methyl sites for hydroxylation is 1. The van der Waals surface area contributed by atoms with Gasteiger partial charge in [0.05, 0.1) is 24.0 Å². The number of benzene rings is 1. The third-order valence-corrected chi connectivity index (χ3v) is 4.28. The molecule has 0 amide bonds. The Hall–Kier alpha value is -2.07. The molecule has 0 bridgehead atoms. The fraction of sp³-hybridized carbons (Fsp3) is 0.200. The van der Waals surface area contributed by atoms with Crippen LogP contribution >= 0.6 is 0 Å². The number of hydrogen-bond acceptors (Lipinski definition) is 4. The highest BCUT2D eigenvalue weighted by Gasteiger charge is 2.14. The maximum Gasteiger partial charge on any atom is 0.240 e. The van der Waals surface area contributed by atoms with Crippen molar-refractivity contribution in [2.24, 2.45) is 5.73 Å². The van der Waals surface area contributed by atoms with Crippen LogP contribution in [0.25, 0.3) is 0 Å². The van der Waals surface area contributed by atoms with Gasteiger partial charge >= 0.3 is 0 Å². The molecule has 2 aromatic rings. The molecule has 110 valence electrons. The van der Waals surface area contributed by atoms with Gasteiger partial charge in [-0.1, -0.05) is 11.8 Å². The molecule has 0 aliphatic carbocycles. The predicted octanol–water partition coefficient (Wildman–Crippen LogP) is 1.38. The first-order valence-electron chi connectivity index (χ1n) is 6.33. The Balaban J connectivity index is 2.18. The quantitative estimate of drug-likeness (QED) is 0.836. The summed E-state index contributed by atoms with van der Waals surface area (Å²) in [6.07, 6.45) is 3.00. The summed E-state index contributed by atoms with van der Waals surface area (Å²) in [5.74, 6) is 5.65. The first-order chi connectivity index (χ1) is 10.0. The summed E-state index contributed by atoms with van der Waals surface area (Å²) >= 11 is 0. The molecule has 2 rings (SSSR count). The van der Waals surface area contributed by atoms with Crippen LogP contribution < -0.4 is 10.5 Å². The van der Waals surface area contributed by atoms with Gasteiger partial charge in [-0.15, -0.1) is 0 Å². The van der Waals surface area contributed by atoms with E-state index >= 15 is 0 Å². The van der Waals surface area contributed by atoms with Gasteiger partial charge in [0.2, 0.25) is 10.0 Å². The average Bonchev–Trinajstić information content (AvgIpc) is 2.97. The second-order valence-electron chi connectivity index (χ2n) is 4.44. The maximum absolute atomic E-state index is 12.2. The average molecular weight is 304 g/mol. The van der Waals surface area contributed by atoms with Gasteiger partial charge in [0.25, 0.3) is 0 Å². The fourth-order valence-electron chi connectivity index (χ4n) is 1.74. The minimum absolute atomic E-state index is 0.187. The lowest BCUT2D eigenvalue weighted by Gasteiger charge is -2.07. The van der Waals surface area contributed by atoms with Crippen LogP contribution in [0.3, 0.4) is 0 Å². The van der Waals surface area contributed by atoms with Crippen molar-refractivity contribution >= 4 is 10.0 Å². The summed E-state index contributed by atoms with van der Waals surface area (Å²) in [5, 5.41) is 0. The number of hydrogen-bond donors (Lipinski definition) is 2. The predicted molar refractivity (Wildman–Crippen MR) is 79.8 cm³/mol. The Morgan fingerprint density at radius 2 is 2.14 bits per heavy atom. The van der Waals surface area contributed by atoms with Crippen LogP contribution in [0.2, 0.25) is 0 Å². The highest BCUT2D eigenvalue weighted by molar-refractivity contribution is 7.89. The molecule has 0 atom stereocenters. The molecule has 0 radical (unpaired) electrons. The van der Waals surface area contributed by atoms with E-state index < -0.39 is 10.0 Å². The molecular weight excluding hydrogens is 288 g/mol. The topological polar surface area (TPSA) is 85.3 Å². The van der Waals surface area contributed by atoms with E-state index in [1.54, 1.807) is 18.2 Å². The van der Waals surface area contributed by atoms with Crippen LogP contribution in [0.1, 0.15) is 16.7 Å². The Morgan fingerprint density at radius 3 is 2.76 bits per heavy atom. The second kappa shape index (κ2) is 6.59. The first-order valence-corrected chi connectivity index (χ1v) is 7.81. The van der Waals surface area contributed by atoms with E-state index in [1.165, 1.54) is 18.6 Å². The SMILES string of the molecule is Cc1cc(S(=O)(=O)NCc2ccoc2)ccc1C#CCN. The smallest absolute Gasteiger partial charge is 0.240 e. The summed E-state index contributed by atoms with van der Waals surface area (Å²) in [6.45, 7) is 2.27. The molecule has 1 heterocycles. The largest absolute Gasteiger partial charge is 0.472 e. The Labute approximate surface area is 124 Å². The van der Waals surface area contributed by atoms with Crippen molar-refractivity contribution in [2.45, 2.75) is 18.4 Å². The monoisotopic (exact) mass is 304 g/mol. The molecule has 1 aromatic heterocycles. The number of furan rings is 1. The van der Waals surface area contributed by atoms with Crippen LogP contribution in [0.15, 0.2) is 46.1 Å². The van der Waals surface area contributed by atoms with E-state index in [0.29, 0.717) is 0 Å². The molecule has 21 heavy (non-hydrogen) atoms. The molecular formula is C15H16N2O3S. The summed E-state index contributed by atoms with van der Waals surface area (Å²) in [5.41, 5.74) is 7.66. The van der Waals surface area contributed by atoms with Crippen molar-refractivity contribution in [2.75, 3.05) is 6.54 Å². The van der Waals surface area contributed by atoms with Crippen LogP contribution in [0.4, 0.5) is 0 Å². The van der Waals surface area contributed by atoms with Crippen molar-refractivity contribution in [1.82, 2.24) is 4.72 Å². The van der Waals surface area contributed by atoms with Crippen molar-refractivity contribution in [3.8, 4) is 11.8 Å². The van der Waals surface area contributed by atoms with Gasteiger partial charge in [0.1, 0.15) is 0 Å². The molecule has 0 aliphatic heterocycles. The minimum atomic E-state index is -3.56. The molecule has 0 unspecified atom stereocenters. The number of nitrogens with one attached hydrogen (secondary N) is 1. The van der Waals surface area contributed by atoms with Crippen molar-refractivity contribution < 1.29 is 12.8 Å². The van der Waals surface area contributed by atoms with Crippen LogP contribution in [0.5, 0.6) is 0 Å². The Morgan fingerprint density at radius 1 is 1.33 bits per heavy atom. The van der Waals surface area contributed by atoms with Crippen molar-refractivity contribution in [3.05, 3.63) is 53.5 Å². The molecule has 0 fully saturated rings. The second-order valence-corrected chi connectivity index (χ2v) is 6.21. The lowest BCUT2D eigenvalue weighted by molar-refractivity contribution is 0.561. The van der Waals surface area contributed by atoms with Crippen molar-refractivity contribution in [1.29, 1.82) is 0 Å². The van der Waals surface area contributed by atoms with Gasteiger partial charge in [0, 0.05) is 17.7 Å². The Kier molecular flexibility index (Phi) is 4.81. The van der Waals surface area contributed by atoms with Gasteiger partial charge in [-0.3, -0.25) is 0 Å². The lowest BCUT2D eigenvalue weighted by atomic mass is 10.1. The number of sulfonamides is 1. The van der Waals surface area contributed by atoms with Gasteiger partial charge in [-0.2, -0.15) is 0 Å². The molecule has 0 aliphatic rings. The van der Waals surface area contributed by atoms with Gasteiger partial charge in [0.15, 0.2) is 0 Å². The Bertz CT molecular complexity index is 769. The van der Waals surface area contributed by atoms with E-state index in [9.17, 15) is 8.42 Å². The summed E-state index contributed by atoms with van der Waals surface area (Å²) < 4.78 is 31.8. The molecule has 0 spiro atoms. The van der Waals surface area contributed by atoms with Gasteiger partial charge in [-0.05, 0) is 36.8 Å². The zero-order valence-corrected chi connectivity index (χ0v) is 12.4. The van der Waals surface area contributed by atoms with Gasteiger partial charge in [-0.25, -0.2) is 13.1 Å². The van der Waals surface area contributed by atoms with E-state index in [4.69, 9.17) is 10.2 Å². The third kappa shape index (κ3) is 3.95. The van der Waals surface area contributed by atoms with Crippen LogP contribution in [-0.2, 0) is 16.6 Å². The van der Waals surface area contributed by atoms with E-state index in [-0.39, 0.29) is 18.0 Å². The summed E-state index contributed by atoms with van der Waals surface area (Å²) in [7, 11) is -3.56. The lowest BCUT2D eigenvalue weighted by Crippen LogP contribution is -2.23. The van der Waals surface area contributed by atoms with E-state index in [2.05, 4.69) is 16.6 Å². The summed E-state index contributed by atoms with van der Waals surface area (Å²) in [4.78, 5) is 0.210. The zero-order chi connectivity index (χ0) is 15.3. The molecule has 3 N–H and O–H groups in total. The van der Waals surface area contributed by atoms with Crippen molar-refractivity contribution in [3.63, 3.8) is 0 Å². The number of nitrogens with two attached hydrogens (primary N) is 1. The molecule has 6 heteroatoms. The first kappa shape index (κ1) is 15.3. The standard InChI is InChI=1S/C15H16N2O3S/c1-12-9-15(5-4-14(12)3-2-7-16)21(18,19)17-10-13-6-8-20-11-13/h4-6,8-9,11,17H,7,10,16H2,1H3. The number of rotatable bonds is 4. The highest BCUT2D eigenvalue weighted by atomic mass is 32.2. The molecule has 0 saturated heterocycles. The van der Waals surface area contributed by atoms with E-state index in [0.717, 1.165) is 16.7 Å². The normalized spacial score (nSPS) is 11.0. The molecule has 1 aromatic carbocycles. The maximum atomic E-state index is 12.2. The highest BCUT2D eigenvalue weighted by Crippen LogP contribution is 2.15. The summed E-state index contributed by atoms with van der Waals surface area (Å²) in [6, 6.07) is 6.52. The zero-order valence-electron chi connectivity index (χ0n) is 11.6. The molecule has 5 nitrogen and oxygen atoms in total. The minimum Gasteiger partial charge on any atom is -0.472 e. The third-order valence-electron chi connectivity index (χ3n) is 2.88. The van der Waals surface area contributed by atoms with E-state index in [1.807, 2.05) is 6.92 Å². The fourth-order valence-corrected chi connectivity index (χ4v) is 2.85. The van der Waals surface area contributed by atoms with Crippen LogP contribution in [-0.4, -0.2) is 15.0 Å². The van der Waals surface area contributed by atoms with Gasteiger partial charge < -0.3 is 10.2 Å². The molecule has 0 saturated carbocycles. The van der Waals surface area contributed by atoms with Crippen LogP contribution in [0, 0.1) is 18.8 Å².